The van der Waals surface area contributed by atoms with E-state index in [-0.39, 0.29) is 10.9 Å². The zero-order valence-electron chi connectivity index (χ0n) is 19.4. The van der Waals surface area contributed by atoms with Crippen molar-refractivity contribution in [2.75, 3.05) is 44.7 Å². The van der Waals surface area contributed by atoms with Crippen LogP contribution >= 0.6 is 11.6 Å². The predicted molar refractivity (Wildman–Crippen MR) is 137 cm³/mol. The number of anilines is 2. The first-order valence-electron chi connectivity index (χ1n) is 11.6. The molecule has 2 aromatic carbocycles. The van der Waals surface area contributed by atoms with Crippen molar-refractivity contribution in [3.05, 3.63) is 77.3 Å². The van der Waals surface area contributed by atoms with Crippen molar-refractivity contribution < 1.29 is 13.9 Å². The minimum Gasteiger partial charge on any atom is -0.379 e. The molecule has 0 atom stereocenters. The molecule has 8 nitrogen and oxygen atoms in total. The van der Waals surface area contributed by atoms with E-state index in [4.69, 9.17) is 21.3 Å². The lowest BCUT2D eigenvalue weighted by atomic mass is 10.1. The number of fused-ring (bicyclic) bond motifs is 1. The maximum atomic E-state index is 13.7. The maximum Gasteiger partial charge on any atom is 0.251 e. The van der Waals surface area contributed by atoms with E-state index in [1.807, 2.05) is 6.07 Å². The van der Waals surface area contributed by atoms with Gasteiger partial charge in [0.15, 0.2) is 5.82 Å². The van der Waals surface area contributed by atoms with E-state index >= 15 is 0 Å². The van der Waals surface area contributed by atoms with E-state index in [0.29, 0.717) is 53.6 Å². The van der Waals surface area contributed by atoms with Crippen molar-refractivity contribution in [1.82, 2.24) is 25.2 Å². The van der Waals surface area contributed by atoms with Crippen molar-refractivity contribution in [1.29, 1.82) is 0 Å². The summed E-state index contributed by atoms with van der Waals surface area (Å²) in [6.07, 6.45) is 3.35. The second-order valence-electron chi connectivity index (χ2n) is 8.33. The van der Waals surface area contributed by atoms with E-state index in [1.54, 1.807) is 42.7 Å². The van der Waals surface area contributed by atoms with Crippen LogP contribution in [0.5, 0.6) is 0 Å². The first-order valence-corrected chi connectivity index (χ1v) is 12.0. The van der Waals surface area contributed by atoms with Gasteiger partial charge in [0.05, 0.1) is 23.8 Å². The second kappa shape index (κ2) is 10.9. The zero-order chi connectivity index (χ0) is 24.9. The molecule has 1 fully saturated rings. The number of carbonyl (C=O) groups excluding carboxylic acids is 1. The summed E-state index contributed by atoms with van der Waals surface area (Å²) >= 11 is 5.98. The van der Waals surface area contributed by atoms with Crippen LogP contribution in [0.25, 0.3) is 22.3 Å². The SMILES string of the molecule is O=C(NCCN1CCOCC1)c1ccc2nc(-c3cccnc3)nc(Nc3ccc(F)c(Cl)c3)c2c1. The summed E-state index contributed by atoms with van der Waals surface area (Å²) in [6.45, 7) is 4.46. The highest BCUT2D eigenvalue weighted by molar-refractivity contribution is 6.31. The smallest absolute Gasteiger partial charge is 0.251 e. The number of pyridine rings is 1. The monoisotopic (exact) mass is 506 g/mol. The lowest BCUT2D eigenvalue weighted by Gasteiger charge is -2.26. The Balaban J connectivity index is 1.44. The van der Waals surface area contributed by atoms with Crippen molar-refractivity contribution >= 4 is 39.9 Å². The summed E-state index contributed by atoms with van der Waals surface area (Å²) in [6, 6.07) is 13.3. The Morgan fingerprint density at radius 1 is 1.11 bits per heavy atom. The summed E-state index contributed by atoms with van der Waals surface area (Å²) in [5, 5.41) is 6.82. The highest BCUT2D eigenvalue weighted by atomic mass is 35.5. The van der Waals surface area contributed by atoms with E-state index in [9.17, 15) is 9.18 Å². The van der Waals surface area contributed by atoms with Crippen LogP contribution in [0.4, 0.5) is 15.9 Å². The maximum absolute atomic E-state index is 13.7. The number of nitrogens with zero attached hydrogens (tertiary/aromatic N) is 4. The Morgan fingerprint density at radius 2 is 1.97 bits per heavy atom. The molecule has 2 N–H and O–H groups in total. The molecule has 3 heterocycles. The van der Waals surface area contributed by atoms with Crippen molar-refractivity contribution in [3.63, 3.8) is 0 Å². The molecule has 2 aromatic heterocycles. The summed E-state index contributed by atoms with van der Waals surface area (Å²) in [5.41, 5.74) is 2.43. The van der Waals surface area contributed by atoms with Gasteiger partial charge in [0.2, 0.25) is 0 Å². The third kappa shape index (κ3) is 5.59. The van der Waals surface area contributed by atoms with Gasteiger partial charge in [-0.05, 0) is 48.5 Å². The van der Waals surface area contributed by atoms with Crippen LogP contribution in [-0.4, -0.2) is 65.2 Å². The van der Waals surface area contributed by atoms with Crippen molar-refractivity contribution in [2.45, 2.75) is 0 Å². The number of ether oxygens (including phenoxy) is 1. The van der Waals surface area contributed by atoms with Crippen LogP contribution in [0.2, 0.25) is 5.02 Å². The fourth-order valence-corrected chi connectivity index (χ4v) is 4.13. The van der Waals surface area contributed by atoms with Gasteiger partial charge in [0.1, 0.15) is 11.6 Å². The Kier molecular flexibility index (Phi) is 7.31. The Labute approximate surface area is 212 Å². The summed E-state index contributed by atoms with van der Waals surface area (Å²) in [5.74, 6) is 0.234. The third-order valence-corrected chi connectivity index (χ3v) is 6.17. The molecular weight excluding hydrogens is 483 g/mol. The number of rotatable bonds is 7. The van der Waals surface area contributed by atoms with Crippen molar-refractivity contribution in [2.24, 2.45) is 0 Å². The van der Waals surface area contributed by atoms with E-state index in [1.165, 1.54) is 12.1 Å². The van der Waals surface area contributed by atoms with E-state index < -0.39 is 5.82 Å². The summed E-state index contributed by atoms with van der Waals surface area (Å²) in [4.78, 5) is 28.7. The fourth-order valence-electron chi connectivity index (χ4n) is 3.95. The predicted octanol–water partition coefficient (Wildman–Crippen LogP) is 4.29. The lowest BCUT2D eigenvalue weighted by Crippen LogP contribution is -2.41. The number of amides is 1. The molecule has 0 spiro atoms. The Bertz CT molecular complexity index is 1380. The molecule has 5 rings (SSSR count). The number of halogens is 2. The highest BCUT2D eigenvalue weighted by Gasteiger charge is 2.15. The van der Waals surface area contributed by atoms with Gasteiger partial charge in [-0.2, -0.15) is 0 Å². The highest BCUT2D eigenvalue weighted by Crippen LogP contribution is 2.29. The van der Waals surface area contributed by atoms with Gasteiger partial charge < -0.3 is 15.4 Å². The third-order valence-electron chi connectivity index (χ3n) is 5.88. The lowest BCUT2D eigenvalue weighted by molar-refractivity contribution is 0.0383. The van der Waals surface area contributed by atoms with Gasteiger partial charge in [-0.3, -0.25) is 14.7 Å². The number of aromatic nitrogens is 3. The number of benzene rings is 2. The van der Waals surface area contributed by atoms with Crippen molar-refractivity contribution in [3.8, 4) is 11.4 Å². The number of morpholine rings is 1. The number of hydrogen-bond acceptors (Lipinski definition) is 7. The standard InChI is InChI=1S/C26H24ClFN6O2/c27-21-15-19(4-5-22(21)28)31-25-20-14-17(26(35)30-8-9-34-10-12-36-13-11-34)3-6-23(20)32-24(33-25)18-2-1-7-29-16-18/h1-7,14-16H,8-13H2,(H,30,35)(H,31,32,33). The molecule has 0 aliphatic carbocycles. The summed E-state index contributed by atoms with van der Waals surface area (Å²) < 4.78 is 19.1. The molecule has 1 aliphatic rings. The molecule has 0 radical (unpaired) electrons. The van der Waals surface area contributed by atoms with Crippen LogP contribution in [-0.2, 0) is 4.74 Å². The Morgan fingerprint density at radius 3 is 2.75 bits per heavy atom. The van der Waals surface area contributed by atoms with Gasteiger partial charge in [0, 0.05) is 60.8 Å². The van der Waals surface area contributed by atoms with E-state index in [2.05, 4.69) is 25.5 Å². The minimum absolute atomic E-state index is 0.00817. The fraction of sp³-hybridized carbons (Fsp3) is 0.231. The number of hydrogen-bond donors (Lipinski definition) is 2. The zero-order valence-corrected chi connectivity index (χ0v) is 20.1. The van der Waals surface area contributed by atoms with Crippen LogP contribution in [0, 0.1) is 5.82 Å². The molecule has 0 unspecified atom stereocenters. The molecule has 36 heavy (non-hydrogen) atoms. The van der Waals surface area contributed by atoms with Crippen LogP contribution in [0.1, 0.15) is 10.4 Å². The van der Waals surface area contributed by atoms with Gasteiger partial charge >= 0.3 is 0 Å². The molecule has 10 heteroatoms. The topological polar surface area (TPSA) is 92.3 Å². The number of nitrogens with one attached hydrogen (secondary N) is 2. The van der Waals surface area contributed by atoms with Crippen LogP contribution in [0.15, 0.2) is 60.9 Å². The van der Waals surface area contributed by atoms with Gasteiger partial charge in [-0.25, -0.2) is 14.4 Å². The van der Waals surface area contributed by atoms with Gasteiger partial charge in [-0.15, -0.1) is 0 Å². The molecule has 1 amide bonds. The molecule has 1 saturated heterocycles. The second-order valence-corrected chi connectivity index (χ2v) is 8.74. The van der Waals surface area contributed by atoms with Crippen LogP contribution < -0.4 is 10.6 Å². The minimum atomic E-state index is -0.512. The van der Waals surface area contributed by atoms with Gasteiger partial charge in [0.25, 0.3) is 5.91 Å². The first-order chi connectivity index (χ1) is 17.6. The first kappa shape index (κ1) is 24.1. The van der Waals surface area contributed by atoms with Crippen LogP contribution in [0.3, 0.4) is 0 Å². The van der Waals surface area contributed by atoms with Gasteiger partial charge in [-0.1, -0.05) is 11.6 Å². The molecule has 1 aliphatic heterocycles. The number of carbonyl (C=O) groups is 1. The Hall–Kier alpha value is -3.66. The molecular formula is C26H24ClFN6O2. The molecule has 184 valence electrons. The largest absolute Gasteiger partial charge is 0.379 e. The summed E-state index contributed by atoms with van der Waals surface area (Å²) in [7, 11) is 0. The average Bonchev–Trinajstić information content (AvgIpc) is 2.91. The molecule has 4 aromatic rings. The normalized spacial score (nSPS) is 14.1. The van der Waals surface area contributed by atoms with E-state index in [0.717, 1.165) is 25.2 Å². The molecule has 0 saturated carbocycles. The average molecular weight is 507 g/mol. The molecule has 0 bridgehead atoms. The quantitative estimate of drug-likeness (QED) is 0.386.